The molecule has 2 heteroatoms. The van der Waals surface area contributed by atoms with E-state index < -0.39 is 0 Å². The molecule has 2 atom stereocenters. The molecule has 0 saturated carbocycles. The highest BCUT2D eigenvalue weighted by molar-refractivity contribution is 5.49. The first kappa shape index (κ1) is 15.9. The van der Waals surface area contributed by atoms with Crippen molar-refractivity contribution in [3.8, 4) is 0 Å². The largest absolute Gasteiger partial charge is 0.302 e. The molecule has 0 bridgehead atoms. The molecule has 2 nitrogen and oxygen atoms in total. The van der Waals surface area contributed by atoms with Crippen LogP contribution in [0, 0.1) is 6.92 Å². The van der Waals surface area contributed by atoms with Crippen molar-refractivity contribution in [2.75, 3.05) is 26.7 Å². The van der Waals surface area contributed by atoms with Gasteiger partial charge in [-0.05, 0) is 57.0 Å². The minimum atomic E-state index is 0.491. The molecule has 1 aromatic carbocycles. The lowest BCUT2D eigenvalue weighted by molar-refractivity contribution is 0.177. The Labute approximate surface area is 146 Å². The molecule has 24 heavy (non-hydrogen) atoms. The molecule has 2 aliphatic heterocycles. The van der Waals surface area contributed by atoms with Crippen molar-refractivity contribution >= 4 is 0 Å². The molecule has 2 heterocycles. The molecule has 126 valence electrons. The van der Waals surface area contributed by atoms with Crippen LogP contribution in [0.4, 0.5) is 0 Å². The SMILES string of the molecule is CC1=CC2=C3CN(C)CCC3N(CCc3ccc(C)cc3)C2C=C1. The summed E-state index contributed by atoms with van der Waals surface area (Å²) in [4.78, 5) is 5.22. The Balaban J connectivity index is 1.56. The third-order valence-electron chi connectivity index (χ3n) is 5.78. The van der Waals surface area contributed by atoms with Gasteiger partial charge in [-0.15, -0.1) is 0 Å². The van der Waals surface area contributed by atoms with E-state index in [1.54, 1.807) is 11.1 Å². The van der Waals surface area contributed by atoms with Gasteiger partial charge in [0.15, 0.2) is 0 Å². The fourth-order valence-electron chi connectivity index (χ4n) is 4.44. The number of piperidine rings is 1. The molecule has 3 aliphatic rings. The van der Waals surface area contributed by atoms with Crippen LogP contribution in [0.3, 0.4) is 0 Å². The van der Waals surface area contributed by atoms with Gasteiger partial charge in [-0.3, -0.25) is 4.90 Å². The maximum absolute atomic E-state index is 2.75. The van der Waals surface area contributed by atoms with E-state index in [1.165, 1.54) is 29.7 Å². The lowest BCUT2D eigenvalue weighted by Gasteiger charge is -2.36. The van der Waals surface area contributed by atoms with Gasteiger partial charge in [-0.1, -0.05) is 53.6 Å². The minimum absolute atomic E-state index is 0.491. The molecule has 4 rings (SSSR count). The molecule has 1 aliphatic carbocycles. The van der Waals surface area contributed by atoms with Crippen molar-refractivity contribution in [1.82, 2.24) is 9.80 Å². The number of hydrogen-bond donors (Lipinski definition) is 0. The summed E-state index contributed by atoms with van der Waals surface area (Å²) in [7, 11) is 2.25. The molecule has 1 fully saturated rings. The van der Waals surface area contributed by atoms with Crippen LogP contribution >= 0.6 is 0 Å². The second kappa shape index (κ2) is 6.34. The van der Waals surface area contributed by atoms with Crippen molar-refractivity contribution in [3.05, 3.63) is 70.3 Å². The average Bonchev–Trinajstić information content (AvgIpc) is 2.87. The van der Waals surface area contributed by atoms with Crippen LogP contribution in [0.2, 0.25) is 0 Å². The average molecular weight is 320 g/mol. The Morgan fingerprint density at radius 1 is 1.12 bits per heavy atom. The topological polar surface area (TPSA) is 6.48 Å². The summed E-state index contributed by atoms with van der Waals surface area (Å²) in [5, 5.41) is 0. The lowest BCUT2D eigenvalue weighted by atomic mass is 9.93. The maximum Gasteiger partial charge on any atom is 0.0541 e. The van der Waals surface area contributed by atoms with E-state index in [0.29, 0.717) is 12.1 Å². The van der Waals surface area contributed by atoms with Crippen molar-refractivity contribution in [1.29, 1.82) is 0 Å². The number of fused-ring (bicyclic) bond motifs is 2. The summed E-state index contributed by atoms with van der Waals surface area (Å²) in [6, 6.07) is 10.2. The predicted molar refractivity (Wildman–Crippen MR) is 101 cm³/mol. The fraction of sp³-hybridized carbons (Fsp3) is 0.455. The van der Waals surface area contributed by atoms with Crippen LogP contribution in [-0.2, 0) is 6.42 Å². The summed E-state index contributed by atoms with van der Waals surface area (Å²) in [6.07, 6.45) is 9.55. The summed E-state index contributed by atoms with van der Waals surface area (Å²) >= 11 is 0. The Hall–Kier alpha value is -1.64. The molecule has 0 aromatic heterocycles. The molecule has 0 radical (unpaired) electrons. The van der Waals surface area contributed by atoms with Gasteiger partial charge in [0.05, 0.1) is 6.04 Å². The van der Waals surface area contributed by atoms with Crippen LogP contribution in [0.25, 0.3) is 0 Å². The molecule has 1 saturated heterocycles. The van der Waals surface area contributed by atoms with Gasteiger partial charge < -0.3 is 4.90 Å². The third kappa shape index (κ3) is 2.89. The van der Waals surface area contributed by atoms with Crippen molar-refractivity contribution in [2.24, 2.45) is 0 Å². The first-order valence-electron chi connectivity index (χ1n) is 9.21. The maximum atomic E-state index is 2.75. The number of rotatable bonds is 3. The second-order valence-electron chi connectivity index (χ2n) is 7.69. The quantitative estimate of drug-likeness (QED) is 0.837. The summed E-state index contributed by atoms with van der Waals surface area (Å²) < 4.78 is 0. The normalized spacial score (nSPS) is 27.2. The Morgan fingerprint density at radius 3 is 2.71 bits per heavy atom. The predicted octanol–water partition coefficient (Wildman–Crippen LogP) is 3.74. The minimum Gasteiger partial charge on any atom is -0.302 e. The van der Waals surface area contributed by atoms with Crippen molar-refractivity contribution in [3.63, 3.8) is 0 Å². The van der Waals surface area contributed by atoms with Crippen LogP contribution in [0.1, 0.15) is 24.5 Å². The molecule has 0 spiro atoms. The number of allylic oxidation sites excluding steroid dienone is 2. The van der Waals surface area contributed by atoms with Gasteiger partial charge >= 0.3 is 0 Å². The Kier molecular flexibility index (Phi) is 4.19. The number of aryl methyl sites for hydroxylation is 1. The molecular formula is C22H28N2. The van der Waals surface area contributed by atoms with Crippen LogP contribution in [-0.4, -0.2) is 48.6 Å². The number of benzene rings is 1. The monoisotopic (exact) mass is 320 g/mol. The third-order valence-corrected chi connectivity index (χ3v) is 5.78. The van der Waals surface area contributed by atoms with Crippen molar-refractivity contribution in [2.45, 2.75) is 38.8 Å². The first-order chi connectivity index (χ1) is 11.6. The highest BCUT2D eigenvalue weighted by atomic mass is 15.2. The molecular weight excluding hydrogens is 292 g/mol. The number of likely N-dealkylation sites (N-methyl/N-ethyl adjacent to an activating group) is 1. The zero-order valence-corrected chi connectivity index (χ0v) is 15.1. The van der Waals surface area contributed by atoms with Gasteiger partial charge in [0.1, 0.15) is 0 Å². The van der Waals surface area contributed by atoms with Gasteiger partial charge in [-0.2, -0.15) is 0 Å². The zero-order valence-electron chi connectivity index (χ0n) is 15.1. The van der Waals surface area contributed by atoms with Crippen molar-refractivity contribution < 1.29 is 0 Å². The zero-order chi connectivity index (χ0) is 16.7. The highest BCUT2D eigenvalue weighted by Gasteiger charge is 2.40. The van der Waals surface area contributed by atoms with Gasteiger partial charge in [0.2, 0.25) is 0 Å². The van der Waals surface area contributed by atoms with E-state index in [9.17, 15) is 0 Å². The number of likely N-dealkylation sites (tertiary alicyclic amines) is 1. The van der Waals surface area contributed by atoms with Crippen LogP contribution in [0.15, 0.2) is 59.2 Å². The van der Waals surface area contributed by atoms with E-state index >= 15 is 0 Å². The van der Waals surface area contributed by atoms with E-state index in [2.05, 4.69) is 73.2 Å². The van der Waals surface area contributed by atoms with E-state index in [-0.39, 0.29) is 0 Å². The number of hydrogen-bond acceptors (Lipinski definition) is 2. The fourth-order valence-corrected chi connectivity index (χ4v) is 4.44. The Bertz CT molecular complexity index is 708. The molecule has 0 N–H and O–H groups in total. The van der Waals surface area contributed by atoms with E-state index in [1.807, 2.05) is 0 Å². The first-order valence-corrected chi connectivity index (χ1v) is 9.21. The highest BCUT2D eigenvalue weighted by Crippen LogP contribution is 2.39. The van der Waals surface area contributed by atoms with E-state index in [4.69, 9.17) is 0 Å². The molecule has 1 aromatic rings. The summed E-state index contributed by atoms with van der Waals surface area (Å²) in [5.41, 5.74) is 7.44. The lowest BCUT2D eigenvalue weighted by Crippen LogP contribution is -2.44. The number of nitrogens with zero attached hydrogens (tertiary/aromatic N) is 2. The summed E-state index contributed by atoms with van der Waals surface area (Å²) in [5.74, 6) is 0. The van der Waals surface area contributed by atoms with E-state index in [0.717, 1.165) is 19.5 Å². The van der Waals surface area contributed by atoms with Gasteiger partial charge in [0, 0.05) is 19.1 Å². The smallest absolute Gasteiger partial charge is 0.0541 e. The Morgan fingerprint density at radius 2 is 1.92 bits per heavy atom. The van der Waals surface area contributed by atoms with Crippen LogP contribution < -0.4 is 0 Å². The van der Waals surface area contributed by atoms with Crippen LogP contribution in [0.5, 0.6) is 0 Å². The molecule has 2 unspecified atom stereocenters. The standard InChI is InChI=1S/C22H28N2/c1-16-4-7-18(8-5-16)10-13-24-21-9-6-17(2)14-19(21)20-15-23(3)12-11-22(20)24/h4-9,14,21-22H,10-13,15H2,1-3H3. The second-order valence-corrected chi connectivity index (χ2v) is 7.69. The van der Waals surface area contributed by atoms with Gasteiger partial charge in [0.25, 0.3) is 0 Å². The summed E-state index contributed by atoms with van der Waals surface area (Å²) in [6.45, 7) is 7.87. The molecule has 0 amide bonds. The van der Waals surface area contributed by atoms with Gasteiger partial charge in [-0.25, -0.2) is 0 Å².